The van der Waals surface area contributed by atoms with Gasteiger partial charge in [0.25, 0.3) is 11.8 Å². The van der Waals surface area contributed by atoms with Crippen molar-refractivity contribution in [2.75, 3.05) is 59.1 Å². The van der Waals surface area contributed by atoms with Gasteiger partial charge in [0.05, 0.1) is 13.2 Å². The predicted octanol–water partition coefficient (Wildman–Crippen LogP) is 1.05. The summed E-state index contributed by atoms with van der Waals surface area (Å²) in [7, 11) is 0. The van der Waals surface area contributed by atoms with Gasteiger partial charge < -0.3 is 19.1 Å². The van der Waals surface area contributed by atoms with Crippen LogP contribution in [-0.4, -0.2) is 85.0 Å². The summed E-state index contributed by atoms with van der Waals surface area (Å²) in [5.74, 6) is 1.03. The first-order chi connectivity index (χ1) is 11.8. The van der Waals surface area contributed by atoms with Crippen LogP contribution < -0.4 is 9.47 Å². The molecule has 0 unspecified atom stereocenters. The summed E-state index contributed by atoms with van der Waals surface area (Å²) in [5, 5.41) is 0. The van der Waals surface area contributed by atoms with E-state index in [1.165, 1.54) is 0 Å². The molecule has 7 heteroatoms. The molecule has 2 aliphatic heterocycles. The summed E-state index contributed by atoms with van der Waals surface area (Å²) in [5.41, 5.74) is 0. The number of ether oxygens (including phenoxy) is 3. The molecule has 2 saturated heterocycles. The van der Waals surface area contributed by atoms with E-state index in [1.54, 1.807) is 12.4 Å². The molecule has 0 spiro atoms. The molecule has 0 N–H and O–H groups in total. The molecule has 0 aromatic carbocycles. The number of hydrogen-bond acceptors (Lipinski definition) is 7. The van der Waals surface area contributed by atoms with Crippen molar-refractivity contribution in [1.29, 1.82) is 0 Å². The van der Waals surface area contributed by atoms with Gasteiger partial charge in [0.1, 0.15) is 12.7 Å². The molecule has 3 rings (SSSR count). The first-order valence-electron chi connectivity index (χ1n) is 8.98. The third-order valence-electron chi connectivity index (χ3n) is 4.64. The maximum Gasteiger partial charge on any atom is 0.278 e. The molecule has 0 bridgehead atoms. The SMILES string of the molecule is CCN1CCC(Oc2nccnc2OCCN2CCOCC2)CC1. The maximum atomic E-state index is 6.06. The van der Waals surface area contributed by atoms with Crippen molar-refractivity contribution in [2.45, 2.75) is 25.9 Å². The van der Waals surface area contributed by atoms with Gasteiger partial charge in [-0.2, -0.15) is 0 Å². The molecule has 3 heterocycles. The topological polar surface area (TPSA) is 60.0 Å². The van der Waals surface area contributed by atoms with Gasteiger partial charge in [0, 0.05) is 45.1 Å². The zero-order valence-corrected chi connectivity index (χ0v) is 14.5. The fourth-order valence-electron chi connectivity index (χ4n) is 3.09. The van der Waals surface area contributed by atoms with E-state index in [0.29, 0.717) is 18.4 Å². The average Bonchev–Trinajstić information content (AvgIpc) is 2.65. The second-order valence-electron chi connectivity index (χ2n) is 6.22. The van der Waals surface area contributed by atoms with Crippen LogP contribution in [-0.2, 0) is 4.74 Å². The lowest BCUT2D eigenvalue weighted by Gasteiger charge is -2.31. The maximum absolute atomic E-state index is 6.06. The Hall–Kier alpha value is -1.44. The van der Waals surface area contributed by atoms with E-state index in [-0.39, 0.29) is 6.10 Å². The second-order valence-corrected chi connectivity index (χ2v) is 6.22. The Morgan fingerprint density at radius 1 is 1.04 bits per heavy atom. The monoisotopic (exact) mass is 336 g/mol. The number of nitrogens with zero attached hydrogens (tertiary/aromatic N) is 4. The van der Waals surface area contributed by atoms with Crippen LogP contribution in [0.4, 0.5) is 0 Å². The molecule has 2 aliphatic rings. The quantitative estimate of drug-likeness (QED) is 0.737. The summed E-state index contributed by atoms with van der Waals surface area (Å²) in [6.07, 6.45) is 5.56. The summed E-state index contributed by atoms with van der Waals surface area (Å²) in [6, 6.07) is 0. The van der Waals surface area contributed by atoms with Crippen molar-refractivity contribution in [1.82, 2.24) is 19.8 Å². The normalized spacial score (nSPS) is 20.9. The van der Waals surface area contributed by atoms with Crippen LogP contribution in [0.3, 0.4) is 0 Å². The van der Waals surface area contributed by atoms with E-state index < -0.39 is 0 Å². The molecule has 0 aliphatic carbocycles. The lowest BCUT2D eigenvalue weighted by Crippen LogP contribution is -2.39. The molecular formula is C17H28N4O3. The van der Waals surface area contributed by atoms with Crippen LogP contribution in [0.5, 0.6) is 11.8 Å². The number of aromatic nitrogens is 2. The number of rotatable bonds is 7. The summed E-state index contributed by atoms with van der Waals surface area (Å²) in [4.78, 5) is 13.4. The second kappa shape index (κ2) is 9.15. The number of likely N-dealkylation sites (tertiary alicyclic amines) is 1. The Bertz CT molecular complexity index is 488. The first kappa shape index (κ1) is 17.4. The Balaban J connectivity index is 1.47. The smallest absolute Gasteiger partial charge is 0.278 e. The van der Waals surface area contributed by atoms with E-state index in [0.717, 1.165) is 65.3 Å². The van der Waals surface area contributed by atoms with Crippen LogP contribution in [0, 0.1) is 0 Å². The van der Waals surface area contributed by atoms with Gasteiger partial charge in [-0.3, -0.25) is 4.90 Å². The minimum Gasteiger partial charge on any atom is -0.472 e. The van der Waals surface area contributed by atoms with Crippen molar-refractivity contribution in [3.63, 3.8) is 0 Å². The van der Waals surface area contributed by atoms with Crippen molar-refractivity contribution >= 4 is 0 Å². The Kier molecular flexibility index (Phi) is 6.63. The fraction of sp³-hybridized carbons (Fsp3) is 0.765. The zero-order valence-electron chi connectivity index (χ0n) is 14.5. The highest BCUT2D eigenvalue weighted by Crippen LogP contribution is 2.24. The summed E-state index contributed by atoms with van der Waals surface area (Å²) >= 11 is 0. The predicted molar refractivity (Wildman–Crippen MR) is 90.6 cm³/mol. The van der Waals surface area contributed by atoms with Crippen LogP contribution in [0.15, 0.2) is 12.4 Å². The number of hydrogen-bond donors (Lipinski definition) is 0. The largest absolute Gasteiger partial charge is 0.472 e. The lowest BCUT2D eigenvalue weighted by molar-refractivity contribution is 0.0313. The van der Waals surface area contributed by atoms with Crippen LogP contribution in [0.1, 0.15) is 19.8 Å². The van der Waals surface area contributed by atoms with E-state index in [4.69, 9.17) is 14.2 Å². The van der Waals surface area contributed by atoms with Gasteiger partial charge >= 0.3 is 0 Å². The summed E-state index contributed by atoms with van der Waals surface area (Å²) < 4.78 is 17.3. The van der Waals surface area contributed by atoms with E-state index >= 15 is 0 Å². The highest BCUT2D eigenvalue weighted by atomic mass is 16.5. The Morgan fingerprint density at radius 3 is 2.46 bits per heavy atom. The molecule has 7 nitrogen and oxygen atoms in total. The minimum atomic E-state index is 0.200. The molecular weight excluding hydrogens is 308 g/mol. The molecule has 24 heavy (non-hydrogen) atoms. The molecule has 0 amide bonds. The lowest BCUT2D eigenvalue weighted by atomic mass is 10.1. The fourth-order valence-corrected chi connectivity index (χ4v) is 3.09. The van der Waals surface area contributed by atoms with Crippen molar-refractivity contribution in [3.05, 3.63) is 12.4 Å². The summed E-state index contributed by atoms with van der Waals surface area (Å²) in [6.45, 7) is 10.4. The average molecular weight is 336 g/mol. The number of piperidine rings is 1. The standard InChI is InChI=1S/C17H28N4O3/c1-2-20-7-3-15(4-8-20)24-17-16(18-5-6-19-17)23-14-11-21-9-12-22-13-10-21/h5-6,15H,2-4,7-14H2,1H3. The van der Waals surface area contributed by atoms with Crippen molar-refractivity contribution in [3.8, 4) is 11.8 Å². The van der Waals surface area contributed by atoms with E-state index in [9.17, 15) is 0 Å². The molecule has 2 fully saturated rings. The zero-order chi connectivity index (χ0) is 16.6. The van der Waals surface area contributed by atoms with Gasteiger partial charge in [-0.1, -0.05) is 6.92 Å². The minimum absolute atomic E-state index is 0.200. The molecule has 1 aromatic rings. The first-order valence-corrected chi connectivity index (χ1v) is 8.98. The van der Waals surface area contributed by atoms with Crippen LogP contribution in [0.2, 0.25) is 0 Å². The highest BCUT2D eigenvalue weighted by molar-refractivity contribution is 5.24. The molecule has 0 saturated carbocycles. The van der Waals surface area contributed by atoms with Crippen LogP contribution in [0.25, 0.3) is 0 Å². The third kappa shape index (κ3) is 5.03. The molecule has 134 valence electrons. The van der Waals surface area contributed by atoms with E-state index in [1.807, 2.05) is 0 Å². The third-order valence-corrected chi connectivity index (χ3v) is 4.64. The van der Waals surface area contributed by atoms with E-state index in [2.05, 4.69) is 26.7 Å². The van der Waals surface area contributed by atoms with Crippen LogP contribution >= 0.6 is 0 Å². The van der Waals surface area contributed by atoms with Gasteiger partial charge in [-0.25, -0.2) is 9.97 Å². The molecule has 0 radical (unpaired) electrons. The Morgan fingerprint density at radius 2 is 1.75 bits per heavy atom. The van der Waals surface area contributed by atoms with Crippen molar-refractivity contribution in [2.24, 2.45) is 0 Å². The van der Waals surface area contributed by atoms with Gasteiger partial charge in [0.2, 0.25) is 0 Å². The van der Waals surface area contributed by atoms with Gasteiger partial charge in [-0.05, 0) is 19.4 Å². The van der Waals surface area contributed by atoms with Gasteiger partial charge in [-0.15, -0.1) is 0 Å². The molecule has 0 atom stereocenters. The highest BCUT2D eigenvalue weighted by Gasteiger charge is 2.22. The Labute approximate surface area is 143 Å². The van der Waals surface area contributed by atoms with Crippen molar-refractivity contribution < 1.29 is 14.2 Å². The number of morpholine rings is 1. The molecule has 1 aromatic heterocycles. The van der Waals surface area contributed by atoms with Gasteiger partial charge in [0.15, 0.2) is 0 Å².